The van der Waals surface area contributed by atoms with E-state index in [0.717, 1.165) is 11.1 Å². The summed E-state index contributed by atoms with van der Waals surface area (Å²) in [6.45, 7) is 0.516. The van der Waals surface area contributed by atoms with Gasteiger partial charge in [-0.25, -0.2) is 9.97 Å². The molecule has 0 saturated heterocycles. The van der Waals surface area contributed by atoms with Crippen LogP contribution in [0.5, 0.6) is 11.5 Å². The molecule has 0 radical (unpaired) electrons. The Kier molecular flexibility index (Phi) is 5.27. The predicted molar refractivity (Wildman–Crippen MR) is 90.8 cm³/mol. The van der Waals surface area contributed by atoms with Gasteiger partial charge in [0, 0.05) is 18.7 Å². The van der Waals surface area contributed by atoms with Crippen LogP contribution < -0.4 is 14.4 Å². The van der Waals surface area contributed by atoms with Crippen LogP contribution in [0, 0.1) is 0 Å². The zero-order valence-corrected chi connectivity index (χ0v) is 14.1. The second-order valence-corrected chi connectivity index (χ2v) is 5.38. The third-order valence-corrected chi connectivity index (χ3v) is 3.82. The van der Waals surface area contributed by atoms with Crippen molar-refractivity contribution in [2.45, 2.75) is 13.0 Å². The Hall–Kier alpha value is -2.90. The zero-order valence-electron chi connectivity index (χ0n) is 14.1. The fourth-order valence-electron chi connectivity index (χ4n) is 2.65. The summed E-state index contributed by atoms with van der Waals surface area (Å²) in [5.74, 6) is 1.89. The molecule has 132 valence electrons. The van der Waals surface area contributed by atoms with Crippen molar-refractivity contribution in [1.29, 1.82) is 0 Å². The van der Waals surface area contributed by atoms with Crippen molar-refractivity contribution < 1.29 is 18.4 Å². The summed E-state index contributed by atoms with van der Waals surface area (Å²) in [7, 11) is 3.16. The van der Waals surface area contributed by atoms with Crippen LogP contribution in [0.2, 0.25) is 0 Å². The summed E-state index contributed by atoms with van der Waals surface area (Å²) in [6.07, 6.45) is 3.36. The molecule has 0 atom stereocenters. The maximum atomic E-state index is 12.8. The van der Waals surface area contributed by atoms with E-state index in [9.17, 15) is 4.39 Å². The summed E-state index contributed by atoms with van der Waals surface area (Å²) in [5, 5.41) is 4.70. The molecule has 0 aliphatic heterocycles. The first kappa shape index (κ1) is 16.9. The van der Waals surface area contributed by atoms with Gasteiger partial charge in [0.15, 0.2) is 0 Å². The molecule has 0 aliphatic carbocycles. The highest BCUT2D eigenvalue weighted by atomic mass is 19.1. The summed E-state index contributed by atoms with van der Waals surface area (Å²) in [6, 6.07) is 5.38. The average Bonchev–Trinajstić information content (AvgIpc) is 3.16. The lowest BCUT2D eigenvalue weighted by molar-refractivity contribution is 0.397. The van der Waals surface area contributed by atoms with E-state index in [0.29, 0.717) is 42.3 Å². The molecule has 0 bridgehead atoms. The Morgan fingerprint density at radius 2 is 2.08 bits per heavy atom. The van der Waals surface area contributed by atoms with Gasteiger partial charge in [-0.3, -0.25) is 4.39 Å². The fraction of sp³-hybridized carbons (Fsp3) is 0.353. The molecule has 0 saturated carbocycles. The molecule has 0 spiro atoms. The lowest BCUT2D eigenvalue weighted by atomic mass is 10.2. The summed E-state index contributed by atoms with van der Waals surface area (Å²) in [4.78, 5) is 10.7. The number of aromatic nitrogens is 3. The fourth-order valence-corrected chi connectivity index (χ4v) is 2.65. The normalized spacial score (nSPS) is 10.8. The molecule has 3 rings (SSSR count). The molecule has 3 aromatic rings. The van der Waals surface area contributed by atoms with Gasteiger partial charge < -0.3 is 18.9 Å². The van der Waals surface area contributed by atoms with Crippen LogP contribution in [-0.2, 0) is 6.54 Å². The molecule has 2 aromatic heterocycles. The summed E-state index contributed by atoms with van der Waals surface area (Å²) >= 11 is 0. The Labute approximate surface area is 144 Å². The maximum absolute atomic E-state index is 12.8. The van der Waals surface area contributed by atoms with Crippen LogP contribution >= 0.6 is 0 Å². The van der Waals surface area contributed by atoms with Gasteiger partial charge >= 0.3 is 0 Å². The molecular formula is C17H19FN4O3. The number of ether oxygens (including phenoxy) is 2. The number of halogens is 1. The lowest BCUT2D eigenvalue weighted by Crippen LogP contribution is -2.26. The third kappa shape index (κ3) is 3.62. The van der Waals surface area contributed by atoms with Gasteiger partial charge in [-0.05, 0) is 12.5 Å². The van der Waals surface area contributed by atoms with Crippen molar-refractivity contribution in [3.8, 4) is 11.5 Å². The van der Waals surface area contributed by atoms with E-state index >= 15 is 0 Å². The minimum atomic E-state index is -0.412. The quantitative estimate of drug-likeness (QED) is 0.621. The second-order valence-electron chi connectivity index (χ2n) is 5.38. The number of hydrogen-bond acceptors (Lipinski definition) is 7. The molecule has 0 amide bonds. The third-order valence-electron chi connectivity index (χ3n) is 3.82. The molecule has 1 aromatic carbocycles. The van der Waals surface area contributed by atoms with E-state index in [1.54, 1.807) is 26.4 Å². The van der Waals surface area contributed by atoms with Gasteiger partial charge in [0.1, 0.15) is 41.1 Å². The van der Waals surface area contributed by atoms with Crippen molar-refractivity contribution in [3.05, 3.63) is 36.5 Å². The van der Waals surface area contributed by atoms with Gasteiger partial charge in [0.2, 0.25) is 0 Å². The monoisotopic (exact) mass is 346 g/mol. The number of nitrogens with zero attached hydrogens (tertiary/aromatic N) is 4. The smallest absolute Gasteiger partial charge is 0.148 e. The van der Waals surface area contributed by atoms with Gasteiger partial charge in [-0.15, -0.1) is 0 Å². The van der Waals surface area contributed by atoms with Crippen LogP contribution in [0.4, 0.5) is 10.2 Å². The molecule has 0 N–H and O–H groups in total. The topological polar surface area (TPSA) is 73.5 Å². The van der Waals surface area contributed by atoms with Crippen LogP contribution in [0.25, 0.3) is 10.9 Å². The highest BCUT2D eigenvalue weighted by Crippen LogP contribution is 2.34. The minimum absolute atomic E-state index is 0.379. The minimum Gasteiger partial charge on any atom is -0.497 e. The average molecular weight is 346 g/mol. The molecular weight excluding hydrogens is 327 g/mol. The van der Waals surface area contributed by atoms with E-state index in [1.165, 1.54) is 12.6 Å². The number of rotatable bonds is 8. The van der Waals surface area contributed by atoms with Crippen LogP contribution in [0.15, 0.2) is 35.3 Å². The summed E-state index contributed by atoms with van der Waals surface area (Å²) < 4.78 is 28.4. The van der Waals surface area contributed by atoms with E-state index in [2.05, 4.69) is 15.1 Å². The molecule has 25 heavy (non-hydrogen) atoms. The van der Waals surface area contributed by atoms with E-state index < -0.39 is 6.67 Å². The van der Waals surface area contributed by atoms with Crippen molar-refractivity contribution in [2.75, 3.05) is 32.3 Å². The Morgan fingerprint density at radius 3 is 2.76 bits per heavy atom. The maximum Gasteiger partial charge on any atom is 0.148 e. The van der Waals surface area contributed by atoms with E-state index in [-0.39, 0.29) is 0 Å². The standard InChI is InChI=1S/C17H19FN4O3/c1-23-13-8-14-16(15(9-13)24-2)19-11-20-17(14)22(6-3-5-18)10-12-4-7-25-21-12/h4,7-9,11H,3,5-6,10H2,1-2H3. The highest BCUT2D eigenvalue weighted by molar-refractivity contribution is 5.94. The lowest BCUT2D eigenvalue weighted by Gasteiger charge is -2.23. The highest BCUT2D eigenvalue weighted by Gasteiger charge is 2.17. The number of anilines is 1. The number of benzene rings is 1. The Balaban J connectivity index is 2.09. The first-order valence-electron chi connectivity index (χ1n) is 7.83. The largest absolute Gasteiger partial charge is 0.497 e. The van der Waals surface area contributed by atoms with Crippen molar-refractivity contribution in [3.63, 3.8) is 0 Å². The number of fused-ring (bicyclic) bond motifs is 1. The van der Waals surface area contributed by atoms with Gasteiger partial charge in [0.05, 0.1) is 32.8 Å². The molecule has 0 aliphatic rings. The SMILES string of the molecule is COc1cc(OC)c2ncnc(N(CCCF)Cc3ccon3)c2c1. The van der Waals surface area contributed by atoms with Gasteiger partial charge in [-0.1, -0.05) is 5.16 Å². The first-order chi connectivity index (χ1) is 12.3. The van der Waals surface area contributed by atoms with Gasteiger partial charge in [0.25, 0.3) is 0 Å². The van der Waals surface area contributed by atoms with Crippen LogP contribution in [0.3, 0.4) is 0 Å². The molecule has 0 fully saturated rings. The van der Waals surface area contributed by atoms with Crippen LogP contribution in [-0.4, -0.2) is 42.6 Å². The van der Waals surface area contributed by atoms with E-state index in [4.69, 9.17) is 14.0 Å². The first-order valence-corrected chi connectivity index (χ1v) is 7.83. The van der Waals surface area contributed by atoms with Crippen molar-refractivity contribution in [2.24, 2.45) is 0 Å². The second kappa shape index (κ2) is 7.78. The molecule has 7 nitrogen and oxygen atoms in total. The van der Waals surface area contributed by atoms with Crippen LogP contribution in [0.1, 0.15) is 12.1 Å². The van der Waals surface area contributed by atoms with Crippen molar-refractivity contribution >= 4 is 16.7 Å². The molecule has 0 unspecified atom stereocenters. The number of methoxy groups -OCH3 is 2. The Morgan fingerprint density at radius 1 is 1.20 bits per heavy atom. The predicted octanol–water partition coefficient (Wildman–Crippen LogP) is 3.00. The number of hydrogen-bond donors (Lipinski definition) is 0. The zero-order chi connectivity index (χ0) is 17.6. The Bertz CT molecular complexity index is 826. The molecule has 2 heterocycles. The van der Waals surface area contributed by atoms with Crippen molar-refractivity contribution in [1.82, 2.24) is 15.1 Å². The van der Waals surface area contributed by atoms with E-state index in [1.807, 2.05) is 11.0 Å². The summed E-state index contributed by atoms with van der Waals surface area (Å²) in [5.41, 5.74) is 1.40. The number of alkyl halides is 1. The molecule has 8 heteroatoms. The van der Waals surface area contributed by atoms with Gasteiger partial charge in [-0.2, -0.15) is 0 Å².